The summed E-state index contributed by atoms with van der Waals surface area (Å²) in [6.45, 7) is 25.4. The molecule has 2 aliphatic heterocycles. The van der Waals surface area contributed by atoms with Crippen LogP contribution in [0.2, 0.25) is 0 Å². The quantitative estimate of drug-likeness (QED) is 0.0411. The van der Waals surface area contributed by atoms with Gasteiger partial charge in [-0.25, -0.2) is 13.9 Å². The van der Waals surface area contributed by atoms with Crippen LogP contribution in [0.15, 0.2) is 156 Å². The molecule has 8 rings (SSSR count). The second-order valence-electron chi connectivity index (χ2n) is 18.2. The zero-order valence-electron chi connectivity index (χ0n) is 47.4. The monoisotopic (exact) mass is 1130 g/mol. The van der Waals surface area contributed by atoms with Gasteiger partial charge in [0.25, 0.3) is 11.9 Å². The van der Waals surface area contributed by atoms with Crippen molar-refractivity contribution in [3.63, 3.8) is 0 Å². The third kappa shape index (κ3) is 17.1. The van der Waals surface area contributed by atoms with Gasteiger partial charge in [0, 0.05) is 115 Å². The van der Waals surface area contributed by atoms with Gasteiger partial charge < -0.3 is 53.3 Å². The Labute approximate surface area is 482 Å². The first kappa shape index (κ1) is 65.7. The molecule has 0 atom stereocenters. The number of carbonyl (C=O) groups is 6. The number of carboxylic acid groups (broad SMARTS) is 4. The lowest BCUT2D eigenvalue weighted by molar-refractivity contribution is -0.255. The lowest BCUT2D eigenvalue weighted by atomic mass is 9.90. The summed E-state index contributed by atoms with van der Waals surface area (Å²) < 4.78 is 27.3. The minimum atomic E-state index is -1.24. The van der Waals surface area contributed by atoms with Crippen molar-refractivity contribution in [3.05, 3.63) is 169 Å². The Hall–Kier alpha value is -9.84. The number of nitrogens with zero attached hydrogens (tertiary/aromatic N) is 4. The Morgan fingerprint density at radius 2 is 0.916 bits per heavy atom. The van der Waals surface area contributed by atoms with Crippen molar-refractivity contribution in [1.29, 1.82) is 0 Å². The van der Waals surface area contributed by atoms with E-state index in [1.165, 1.54) is 13.8 Å². The van der Waals surface area contributed by atoms with Crippen molar-refractivity contribution in [2.24, 2.45) is 0 Å². The fourth-order valence-corrected chi connectivity index (χ4v) is 9.21. The molecule has 0 fully saturated rings. The van der Waals surface area contributed by atoms with Crippen LogP contribution in [0.25, 0.3) is 66.8 Å². The molecule has 436 valence electrons. The van der Waals surface area contributed by atoms with Gasteiger partial charge in [-0.3, -0.25) is 19.2 Å². The number of anilines is 2. The number of benzene rings is 6. The summed E-state index contributed by atoms with van der Waals surface area (Å²) in [4.78, 5) is 68.6. The van der Waals surface area contributed by atoms with E-state index in [1.807, 2.05) is 128 Å². The molecule has 0 unspecified atom stereocenters. The zero-order valence-corrected chi connectivity index (χ0v) is 47.4. The van der Waals surface area contributed by atoms with Gasteiger partial charge >= 0.3 is 17.9 Å². The van der Waals surface area contributed by atoms with Crippen LogP contribution >= 0.6 is 0 Å². The predicted molar refractivity (Wildman–Crippen MR) is 322 cm³/mol. The van der Waals surface area contributed by atoms with Crippen LogP contribution in [0, 0.1) is 0 Å². The van der Waals surface area contributed by atoms with E-state index in [2.05, 4.69) is 22.3 Å². The van der Waals surface area contributed by atoms with E-state index >= 15 is 0 Å². The lowest BCUT2D eigenvalue weighted by Gasteiger charge is -2.21. The number of hydrogen-bond donors (Lipinski definition) is 3. The van der Waals surface area contributed by atoms with E-state index in [0.29, 0.717) is 60.0 Å². The fourth-order valence-electron chi connectivity index (χ4n) is 9.21. The number of carbonyl (C=O) groups excluding carboxylic acids is 3. The standard InChI is InChI=1S/2C30H30N2O5.2C2H4O2.CH4/c2*1-5-31(6-2)21-12-14-25-27(18-21)37-28-19-22(32(7-3)16-17-36-20(4)33)13-15-26(28)29(25)23-10-8-9-11-24(23)30(34)35;2*1-2(3)4;/h2*5,8-15,18-19H,1,6-7,16-17H2,2-4H3;2*1H3,(H,3,4);1H4/p+1. The van der Waals surface area contributed by atoms with E-state index in [4.69, 9.17) is 38.1 Å². The number of aliphatic carboxylic acids is 2. The molecule has 4 aromatic carbocycles. The van der Waals surface area contributed by atoms with Crippen molar-refractivity contribution in [3.8, 4) is 44.9 Å². The highest BCUT2D eigenvalue weighted by atomic mass is 16.5. The van der Waals surface area contributed by atoms with E-state index in [0.717, 1.165) is 82.1 Å². The molecule has 0 amide bonds. The van der Waals surface area contributed by atoms with Crippen LogP contribution in [0.1, 0.15) is 83.5 Å². The number of rotatable bonds is 18. The molecule has 3 N–H and O–H groups in total. The second-order valence-corrected chi connectivity index (χ2v) is 18.2. The second kappa shape index (κ2) is 31.2. The van der Waals surface area contributed by atoms with Crippen LogP contribution in [0.4, 0.5) is 11.4 Å². The zero-order chi connectivity index (χ0) is 60.2. The van der Waals surface area contributed by atoms with Crippen molar-refractivity contribution in [2.45, 2.75) is 62.8 Å². The molecule has 0 saturated carbocycles. The van der Waals surface area contributed by atoms with E-state index in [-0.39, 0.29) is 43.7 Å². The van der Waals surface area contributed by atoms with Crippen LogP contribution in [-0.2, 0) is 28.7 Å². The summed E-state index contributed by atoms with van der Waals surface area (Å²) in [5, 5.41) is 40.2. The molecule has 2 aliphatic carbocycles. The van der Waals surface area contributed by atoms with Crippen LogP contribution in [0.3, 0.4) is 0 Å². The Morgan fingerprint density at radius 3 is 1.25 bits per heavy atom. The van der Waals surface area contributed by atoms with Gasteiger partial charge in [-0.15, -0.1) is 0 Å². The Balaban J connectivity index is 0.000000312. The van der Waals surface area contributed by atoms with Gasteiger partial charge in [0.05, 0.1) is 23.7 Å². The van der Waals surface area contributed by atoms with E-state index in [9.17, 15) is 29.4 Å². The normalized spacial score (nSPS) is 11.2. The Morgan fingerprint density at radius 1 is 0.542 bits per heavy atom. The molecule has 0 radical (unpaired) electrons. The molecule has 4 aliphatic rings. The predicted octanol–water partition coefficient (Wildman–Crippen LogP) is 9.94. The highest BCUT2D eigenvalue weighted by Gasteiger charge is 2.24. The topological polar surface area (TPSA) is 243 Å². The largest absolute Gasteiger partial charge is 0.545 e. The van der Waals surface area contributed by atoms with Crippen molar-refractivity contribution >= 4 is 69.1 Å². The maximum Gasteiger partial charge on any atom is 0.336 e. The average molecular weight is 1130 g/mol. The molecule has 0 spiro atoms. The number of hydrogen-bond acceptors (Lipinski definition) is 13. The highest BCUT2D eigenvalue weighted by Crippen LogP contribution is 2.43. The number of aromatic carboxylic acids is 2. The number of carboxylic acids is 4. The fraction of sp³-hybridized carbons (Fsp3) is 0.262. The van der Waals surface area contributed by atoms with Gasteiger partial charge in [0.1, 0.15) is 49.0 Å². The SMILES string of the molecule is C.C=CN(CC)c1ccc2c(-c3ccccc3C(=O)O)c3ccc(=[N+](CC)CCOC(C)=O)cc-3oc2c1.C=CN(CC)c1ccc2c(-c3ccccc3C(=O)[O-])c3ccc(=[N+](CC)CCOC(C)=O)cc-3oc2c1.CC(=O)O.CC(=O)O. The lowest BCUT2D eigenvalue weighted by Crippen LogP contribution is -2.33. The van der Waals surface area contributed by atoms with Crippen LogP contribution in [-0.4, -0.2) is 104 Å². The Kier molecular flexibility index (Phi) is 24.7. The maximum absolute atomic E-state index is 12.1. The molecular formula is C65H73N4O14+. The van der Waals surface area contributed by atoms with E-state index in [1.54, 1.807) is 42.7 Å². The number of fused-ring (bicyclic) bond motifs is 4. The summed E-state index contributed by atoms with van der Waals surface area (Å²) in [6.07, 6.45) is 3.53. The molecular weight excluding hydrogens is 1060 g/mol. The first-order valence-electron chi connectivity index (χ1n) is 26.5. The summed E-state index contributed by atoms with van der Waals surface area (Å²) in [6, 6.07) is 37.4. The molecule has 0 bridgehead atoms. The summed E-state index contributed by atoms with van der Waals surface area (Å²) in [5.74, 6) is -3.28. The smallest absolute Gasteiger partial charge is 0.336 e. The van der Waals surface area contributed by atoms with E-state index < -0.39 is 23.9 Å². The summed E-state index contributed by atoms with van der Waals surface area (Å²) in [5.41, 5.74) is 7.79. The molecule has 4 aromatic rings. The van der Waals surface area contributed by atoms with Crippen LogP contribution in [0.5, 0.6) is 0 Å². The first-order chi connectivity index (χ1) is 39.2. The molecule has 0 aromatic heterocycles. The van der Waals surface area contributed by atoms with Gasteiger partial charge in [-0.1, -0.05) is 63.0 Å². The van der Waals surface area contributed by atoms with Crippen molar-refractivity contribution in [1.82, 2.24) is 9.15 Å². The van der Waals surface area contributed by atoms with Gasteiger partial charge in [0.15, 0.2) is 13.1 Å². The van der Waals surface area contributed by atoms with Crippen molar-refractivity contribution < 1.29 is 67.5 Å². The number of likely N-dealkylation sites (N-methyl/N-ethyl adjacent to an activating group) is 2. The van der Waals surface area contributed by atoms with Gasteiger partial charge in [-0.05, 0) is 93.7 Å². The molecule has 83 heavy (non-hydrogen) atoms. The van der Waals surface area contributed by atoms with Gasteiger partial charge in [-0.2, -0.15) is 0 Å². The summed E-state index contributed by atoms with van der Waals surface area (Å²) in [7, 11) is 0. The summed E-state index contributed by atoms with van der Waals surface area (Å²) >= 11 is 0. The highest BCUT2D eigenvalue weighted by molar-refractivity contribution is 6.09. The maximum atomic E-state index is 12.1. The minimum absolute atomic E-state index is 0. The molecule has 18 nitrogen and oxygen atoms in total. The molecule has 0 saturated heterocycles. The number of ether oxygens (including phenoxy) is 2. The van der Waals surface area contributed by atoms with Gasteiger partial charge in [0.2, 0.25) is 10.7 Å². The van der Waals surface area contributed by atoms with Crippen LogP contribution < -0.4 is 34.8 Å². The molecule has 18 heteroatoms. The molecule has 2 heterocycles. The first-order valence-corrected chi connectivity index (χ1v) is 26.5. The number of esters is 2. The minimum Gasteiger partial charge on any atom is -0.545 e. The Bertz CT molecular complexity index is 3470. The van der Waals surface area contributed by atoms with Crippen molar-refractivity contribution in [2.75, 3.05) is 62.3 Å². The third-order valence-electron chi connectivity index (χ3n) is 12.8. The third-order valence-corrected chi connectivity index (χ3v) is 12.8. The average Bonchev–Trinajstić information content (AvgIpc) is 3.64.